The van der Waals surface area contributed by atoms with Crippen molar-refractivity contribution >= 4 is 21.6 Å². The Hall–Kier alpha value is -3.12. The summed E-state index contributed by atoms with van der Waals surface area (Å²) < 4.78 is 27.2. The molecule has 0 heterocycles. The van der Waals surface area contributed by atoms with Gasteiger partial charge >= 0.3 is 0 Å². The molecule has 1 atom stereocenters. The predicted octanol–water partition coefficient (Wildman–Crippen LogP) is 4.93. The van der Waals surface area contributed by atoms with E-state index in [1.807, 2.05) is 39.8 Å². The molecule has 162 valence electrons. The van der Waals surface area contributed by atoms with Crippen molar-refractivity contribution in [3.05, 3.63) is 94.5 Å². The Morgan fingerprint density at radius 2 is 1.55 bits per heavy atom. The maximum Gasteiger partial charge on any atom is 0.264 e. The largest absolute Gasteiger partial charge is 0.346 e. The summed E-state index contributed by atoms with van der Waals surface area (Å²) in [6, 6.07) is 19.3. The number of nitrogens with zero attached hydrogens (tertiary/aromatic N) is 1. The van der Waals surface area contributed by atoms with E-state index in [4.69, 9.17) is 0 Å². The molecule has 0 saturated heterocycles. The van der Waals surface area contributed by atoms with Crippen LogP contribution in [0.2, 0.25) is 0 Å². The molecule has 0 aliphatic heterocycles. The normalized spacial score (nSPS) is 12.3. The number of rotatable bonds is 6. The van der Waals surface area contributed by atoms with Gasteiger partial charge in [0.25, 0.3) is 15.9 Å². The maximum absolute atomic E-state index is 13.0. The molecule has 3 rings (SSSR count). The van der Waals surface area contributed by atoms with Crippen LogP contribution >= 0.6 is 0 Å². The number of hydrogen-bond donors (Lipinski definition) is 1. The van der Waals surface area contributed by atoms with Crippen LogP contribution < -0.4 is 9.62 Å². The zero-order valence-electron chi connectivity index (χ0n) is 18.5. The summed E-state index contributed by atoms with van der Waals surface area (Å²) in [4.78, 5) is 13.1. The van der Waals surface area contributed by atoms with Gasteiger partial charge in [-0.2, -0.15) is 0 Å². The molecule has 0 aromatic heterocycles. The van der Waals surface area contributed by atoms with Crippen molar-refractivity contribution in [3.63, 3.8) is 0 Å². The van der Waals surface area contributed by atoms with Crippen molar-refractivity contribution in [2.75, 3.05) is 11.4 Å². The minimum Gasteiger partial charge on any atom is -0.346 e. The van der Waals surface area contributed by atoms with Crippen molar-refractivity contribution in [3.8, 4) is 0 Å². The van der Waals surface area contributed by atoms with Crippen LogP contribution in [-0.2, 0) is 10.0 Å². The molecule has 3 aromatic rings. The van der Waals surface area contributed by atoms with Gasteiger partial charge < -0.3 is 5.32 Å². The van der Waals surface area contributed by atoms with E-state index in [-0.39, 0.29) is 16.8 Å². The number of carbonyl (C=O) groups excluding carboxylic acids is 1. The van der Waals surface area contributed by atoms with Gasteiger partial charge in [0.2, 0.25) is 0 Å². The predicted molar refractivity (Wildman–Crippen MR) is 125 cm³/mol. The lowest BCUT2D eigenvalue weighted by atomic mass is 9.99. The molecule has 31 heavy (non-hydrogen) atoms. The lowest BCUT2D eigenvalue weighted by Crippen LogP contribution is -2.29. The van der Waals surface area contributed by atoms with Crippen molar-refractivity contribution in [1.29, 1.82) is 0 Å². The Bertz CT molecular complexity index is 1200. The fourth-order valence-corrected chi connectivity index (χ4v) is 4.62. The molecule has 0 aliphatic rings. The summed E-state index contributed by atoms with van der Waals surface area (Å²) in [5, 5.41) is 3.02. The molecule has 6 heteroatoms. The van der Waals surface area contributed by atoms with Gasteiger partial charge in [-0.1, -0.05) is 47.5 Å². The molecule has 0 unspecified atom stereocenters. The van der Waals surface area contributed by atoms with Gasteiger partial charge in [0.1, 0.15) is 0 Å². The van der Waals surface area contributed by atoms with Crippen LogP contribution in [-0.4, -0.2) is 21.4 Å². The van der Waals surface area contributed by atoms with E-state index in [1.165, 1.54) is 11.4 Å². The van der Waals surface area contributed by atoms with Gasteiger partial charge in [-0.15, -0.1) is 0 Å². The summed E-state index contributed by atoms with van der Waals surface area (Å²) >= 11 is 0. The molecular formula is C25H28N2O3S. The van der Waals surface area contributed by atoms with E-state index in [1.54, 1.807) is 48.5 Å². The highest BCUT2D eigenvalue weighted by Crippen LogP contribution is 2.24. The van der Waals surface area contributed by atoms with E-state index in [0.29, 0.717) is 11.3 Å². The highest BCUT2D eigenvalue weighted by atomic mass is 32.2. The number of nitrogens with one attached hydrogen (secondary N) is 1. The van der Waals surface area contributed by atoms with Crippen LogP contribution in [0.4, 0.5) is 5.69 Å². The molecule has 0 saturated carbocycles. The first-order valence-corrected chi connectivity index (χ1v) is 11.6. The summed E-state index contributed by atoms with van der Waals surface area (Å²) in [5.74, 6) is -0.253. The molecule has 0 radical (unpaired) electrons. The second kappa shape index (κ2) is 8.94. The molecular weight excluding hydrogens is 408 g/mol. The van der Waals surface area contributed by atoms with Gasteiger partial charge in [0.15, 0.2) is 0 Å². The van der Waals surface area contributed by atoms with Crippen LogP contribution in [0.3, 0.4) is 0 Å². The number of carbonyl (C=O) groups is 1. The first-order valence-electron chi connectivity index (χ1n) is 10.1. The monoisotopic (exact) mass is 436 g/mol. The number of anilines is 1. The molecule has 0 bridgehead atoms. The molecule has 0 aliphatic carbocycles. The summed E-state index contributed by atoms with van der Waals surface area (Å²) in [6.45, 7) is 7.88. The average Bonchev–Trinajstić information content (AvgIpc) is 2.75. The van der Waals surface area contributed by atoms with Gasteiger partial charge in [0.05, 0.1) is 16.6 Å². The topological polar surface area (TPSA) is 66.5 Å². The van der Waals surface area contributed by atoms with E-state index in [9.17, 15) is 13.2 Å². The quantitative estimate of drug-likeness (QED) is 0.596. The van der Waals surface area contributed by atoms with E-state index < -0.39 is 10.0 Å². The zero-order chi connectivity index (χ0) is 22.8. The van der Waals surface area contributed by atoms with Crippen LogP contribution in [0, 0.1) is 20.8 Å². The highest BCUT2D eigenvalue weighted by Gasteiger charge is 2.22. The van der Waals surface area contributed by atoms with Crippen molar-refractivity contribution < 1.29 is 13.2 Å². The Labute approximate surface area is 184 Å². The van der Waals surface area contributed by atoms with Crippen LogP contribution in [0.15, 0.2) is 71.6 Å². The van der Waals surface area contributed by atoms with Crippen LogP contribution in [0.1, 0.15) is 45.6 Å². The molecule has 3 aromatic carbocycles. The van der Waals surface area contributed by atoms with Crippen molar-refractivity contribution in [2.45, 2.75) is 38.6 Å². The van der Waals surface area contributed by atoms with Crippen LogP contribution in [0.5, 0.6) is 0 Å². The summed E-state index contributed by atoms with van der Waals surface area (Å²) in [6.07, 6.45) is 0. The van der Waals surface area contributed by atoms with E-state index >= 15 is 0 Å². The highest BCUT2D eigenvalue weighted by molar-refractivity contribution is 7.92. The Morgan fingerprint density at radius 1 is 0.903 bits per heavy atom. The minimum atomic E-state index is -3.73. The molecule has 1 amide bonds. The average molecular weight is 437 g/mol. The van der Waals surface area contributed by atoms with Gasteiger partial charge in [-0.3, -0.25) is 9.10 Å². The molecule has 1 N–H and O–H groups in total. The smallest absolute Gasteiger partial charge is 0.264 e. The van der Waals surface area contributed by atoms with Crippen molar-refractivity contribution in [2.24, 2.45) is 0 Å². The number of aryl methyl sites for hydroxylation is 3. The first-order chi connectivity index (χ1) is 14.6. The Kier molecular flexibility index (Phi) is 6.51. The van der Waals surface area contributed by atoms with Crippen molar-refractivity contribution in [1.82, 2.24) is 5.32 Å². The fraction of sp³-hybridized carbons (Fsp3) is 0.240. The van der Waals surface area contributed by atoms with Gasteiger partial charge in [-0.25, -0.2) is 8.42 Å². The summed E-state index contributed by atoms with van der Waals surface area (Å²) in [5.41, 5.74) is 5.11. The second-order valence-corrected chi connectivity index (χ2v) is 9.86. The summed E-state index contributed by atoms with van der Waals surface area (Å²) in [7, 11) is -2.24. The van der Waals surface area contributed by atoms with Crippen LogP contribution in [0.25, 0.3) is 0 Å². The number of benzene rings is 3. The minimum absolute atomic E-state index is 0.176. The first kappa shape index (κ1) is 22.6. The molecule has 0 spiro atoms. The fourth-order valence-electron chi connectivity index (χ4n) is 3.43. The zero-order valence-corrected chi connectivity index (χ0v) is 19.3. The number of amides is 1. The van der Waals surface area contributed by atoms with Gasteiger partial charge in [0, 0.05) is 12.6 Å². The third kappa shape index (κ3) is 4.97. The third-order valence-corrected chi connectivity index (χ3v) is 7.20. The lowest BCUT2D eigenvalue weighted by molar-refractivity contribution is 0.0940. The van der Waals surface area contributed by atoms with E-state index in [2.05, 4.69) is 11.4 Å². The Balaban J connectivity index is 1.83. The SMILES string of the molecule is Cc1ccc(S(=O)(=O)N(C)c2cccc(C(=O)N[C@@H](C)c3cc(C)ccc3C)c2)cc1. The lowest BCUT2D eigenvalue weighted by Gasteiger charge is -2.21. The standard InChI is InChI=1S/C25H28N2O3S/c1-17-10-13-23(14-11-17)31(29,30)27(5)22-8-6-7-21(16-22)25(28)26-20(4)24-15-18(2)9-12-19(24)3/h6-16,20H,1-5H3,(H,26,28)/t20-/m0/s1. The number of hydrogen-bond acceptors (Lipinski definition) is 3. The third-order valence-electron chi connectivity index (χ3n) is 5.40. The second-order valence-electron chi connectivity index (χ2n) is 7.89. The van der Waals surface area contributed by atoms with Gasteiger partial charge in [-0.05, 0) is 69.2 Å². The Morgan fingerprint density at radius 3 is 2.23 bits per heavy atom. The van der Waals surface area contributed by atoms with E-state index in [0.717, 1.165) is 22.3 Å². The maximum atomic E-state index is 13.0. The number of sulfonamides is 1. The molecule has 5 nitrogen and oxygen atoms in total. The molecule has 0 fully saturated rings.